The number of urea groups is 1. The van der Waals surface area contributed by atoms with Gasteiger partial charge in [0.1, 0.15) is 5.82 Å². The third kappa shape index (κ3) is 3.53. The molecule has 0 aromatic heterocycles. The van der Waals surface area contributed by atoms with Gasteiger partial charge in [0, 0.05) is 17.3 Å². The highest BCUT2D eigenvalue weighted by Crippen LogP contribution is 2.38. The lowest BCUT2D eigenvalue weighted by atomic mass is 9.88. The Kier molecular flexibility index (Phi) is 4.82. The number of rotatable bonds is 2. The number of halogens is 2. The van der Waals surface area contributed by atoms with Gasteiger partial charge >= 0.3 is 6.03 Å². The van der Waals surface area contributed by atoms with Crippen molar-refractivity contribution in [3.05, 3.63) is 100 Å². The molecule has 0 saturated heterocycles. The van der Waals surface area contributed by atoms with Crippen LogP contribution in [0.2, 0.25) is 5.02 Å². The Morgan fingerprint density at radius 3 is 2.37 bits per heavy atom. The van der Waals surface area contributed by atoms with Crippen molar-refractivity contribution in [2.24, 2.45) is 0 Å². The molecule has 1 aliphatic rings. The molecule has 1 aliphatic heterocycles. The normalized spacial score (nSPS) is 15.9. The van der Waals surface area contributed by atoms with Gasteiger partial charge in [0.25, 0.3) is 0 Å². The molecule has 0 fully saturated rings. The van der Waals surface area contributed by atoms with Crippen LogP contribution in [0.4, 0.5) is 14.9 Å². The van der Waals surface area contributed by atoms with Gasteiger partial charge < -0.3 is 10.2 Å². The zero-order valence-electron chi connectivity index (χ0n) is 14.5. The molecule has 0 spiro atoms. The third-order valence-electron chi connectivity index (χ3n) is 4.84. The van der Waals surface area contributed by atoms with Crippen LogP contribution in [0.25, 0.3) is 0 Å². The van der Waals surface area contributed by atoms with Crippen molar-refractivity contribution >= 4 is 23.3 Å². The van der Waals surface area contributed by atoms with Crippen LogP contribution in [-0.4, -0.2) is 17.5 Å². The Hall–Kier alpha value is -2.85. The van der Waals surface area contributed by atoms with Gasteiger partial charge in [-0.3, -0.25) is 0 Å². The highest BCUT2D eigenvalue weighted by Gasteiger charge is 2.33. The maximum atomic E-state index is 13.1. The van der Waals surface area contributed by atoms with Gasteiger partial charge in [0.15, 0.2) is 0 Å². The van der Waals surface area contributed by atoms with Crippen LogP contribution in [0.5, 0.6) is 0 Å². The summed E-state index contributed by atoms with van der Waals surface area (Å²) >= 11 is 6.47. The summed E-state index contributed by atoms with van der Waals surface area (Å²) in [4.78, 5) is 14.8. The van der Waals surface area contributed by atoms with Crippen molar-refractivity contribution < 1.29 is 9.18 Å². The van der Waals surface area contributed by atoms with Crippen molar-refractivity contribution in [2.45, 2.75) is 12.5 Å². The van der Waals surface area contributed by atoms with Gasteiger partial charge in [0.2, 0.25) is 0 Å². The molecule has 3 nitrogen and oxygen atoms in total. The van der Waals surface area contributed by atoms with Gasteiger partial charge in [-0.25, -0.2) is 9.18 Å². The summed E-state index contributed by atoms with van der Waals surface area (Å²) < 4.78 is 13.1. The number of hydrogen-bond acceptors (Lipinski definition) is 1. The number of hydrogen-bond donors (Lipinski definition) is 1. The first kappa shape index (κ1) is 17.6. The van der Waals surface area contributed by atoms with Gasteiger partial charge in [-0.05, 0) is 53.4 Å². The highest BCUT2D eigenvalue weighted by molar-refractivity contribution is 6.31. The van der Waals surface area contributed by atoms with Crippen LogP contribution in [0.15, 0.2) is 72.8 Å². The first-order valence-corrected chi connectivity index (χ1v) is 9.17. The largest absolute Gasteiger partial charge is 0.322 e. The number of carbonyl (C=O) groups is 1. The molecule has 1 atom stereocenters. The lowest BCUT2D eigenvalue weighted by Crippen LogP contribution is -2.43. The van der Waals surface area contributed by atoms with E-state index in [1.54, 1.807) is 17.0 Å². The smallest absolute Gasteiger partial charge is 0.313 e. The first-order valence-electron chi connectivity index (χ1n) is 8.79. The van der Waals surface area contributed by atoms with E-state index in [1.165, 1.54) is 17.7 Å². The lowest BCUT2D eigenvalue weighted by molar-refractivity contribution is 0.194. The van der Waals surface area contributed by atoms with E-state index < -0.39 is 0 Å². The fourth-order valence-electron chi connectivity index (χ4n) is 3.55. The summed E-state index contributed by atoms with van der Waals surface area (Å²) in [5.41, 5.74) is 3.73. The quantitative estimate of drug-likeness (QED) is 0.611. The molecule has 5 heteroatoms. The third-order valence-corrected chi connectivity index (χ3v) is 5.18. The van der Waals surface area contributed by atoms with Crippen LogP contribution in [0, 0.1) is 5.82 Å². The Bertz CT molecular complexity index is 974. The monoisotopic (exact) mass is 380 g/mol. The predicted octanol–water partition coefficient (Wildman–Crippen LogP) is 5.66. The first-order chi connectivity index (χ1) is 13.1. The van der Waals surface area contributed by atoms with Gasteiger partial charge in [-0.2, -0.15) is 0 Å². The summed E-state index contributed by atoms with van der Waals surface area (Å²) in [6, 6.07) is 21.0. The number of fused-ring (bicyclic) bond motifs is 1. The fraction of sp³-hybridized carbons (Fsp3) is 0.136. The van der Waals surface area contributed by atoms with E-state index in [9.17, 15) is 9.18 Å². The molecular formula is C22H18ClFN2O. The second-order valence-electron chi connectivity index (χ2n) is 6.50. The standard InChI is InChI=1S/C22H18ClFN2O/c23-20-8-4-3-7-19(20)21-18-6-2-1-5-15(18)13-14-26(21)22(27)25-17-11-9-16(24)10-12-17/h1-12,21H,13-14H2,(H,25,27)/t21-/m1/s1. The molecule has 27 heavy (non-hydrogen) atoms. The predicted molar refractivity (Wildman–Crippen MR) is 106 cm³/mol. The topological polar surface area (TPSA) is 32.3 Å². The van der Waals surface area contributed by atoms with E-state index in [-0.39, 0.29) is 17.9 Å². The fourth-order valence-corrected chi connectivity index (χ4v) is 3.79. The molecule has 3 aromatic carbocycles. The number of benzene rings is 3. The van der Waals surface area contributed by atoms with Crippen molar-refractivity contribution in [2.75, 3.05) is 11.9 Å². The van der Waals surface area contributed by atoms with Crippen LogP contribution in [-0.2, 0) is 6.42 Å². The summed E-state index contributed by atoms with van der Waals surface area (Å²) in [7, 11) is 0. The molecule has 0 unspecified atom stereocenters. The van der Waals surface area contributed by atoms with Crippen LogP contribution in [0.1, 0.15) is 22.7 Å². The average Bonchev–Trinajstić information content (AvgIpc) is 2.69. The molecule has 1 heterocycles. The molecule has 0 bridgehead atoms. The SMILES string of the molecule is O=C(Nc1ccc(F)cc1)N1CCc2ccccc2[C@@H]1c1ccccc1Cl. The highest BCUT2D eigenvalue weighted by atomic mass is 35.5. The molecule has 136 valence electrons. The van der Waals surface area contributed by atoms with Crippen LogP contribution in [0.3, 0.4) is 0 Å². The molecule has 0 radical (unpaired) electrons. The number of amides is 2. The molecular weight excluding hydrogens is 363 g/mol. The zero-order chi connectivity index (χ0) is 18.8. The summed E-state index contributed by atoms with van der Waals surface area (Å²) in [5.74, 6) is -0.339. The number of nitrogens with one attached hydrogen (secondary N) is 1. The second-order valence-corrected chi connectivity index (χ2v) is 6.91. The Morgan fingerprint density at radius 2 is 1.63 bits per heavy atom. The average molecular weight is 381 g/mol. The number of carbonyl (C=O) groups excluding carboxylic acids is 1. The Labute approximate surface area is 162 Å². The van der Waals surface area contributed by atoms with E-state index in [1.807, 2.05) is 42.5 Å². The Morgan fingerprint density at radius 1 is 0.963 bits per heavy atom. The van der Waals surface area contributed by atoms with Gasteiger partial charge in [0.05, 0.1) is 6.04 Å². The maximum absolute atomic E-state index is 13.1. The minimum atomic E-state index is -0.339. The van der Waals surface area contributed by atoms with E-state index in [4.69, 9.17) is 11.6 Å². The summed E-state index contributed by atoms with van der Waals surface area (Å²) in [6.07, 6.45) is 0.772. The van der Waals surface area contributed by atoms with E-state index in [0.717, 1.165) is 17.5 Å². The van der Waals surface area contributed by atoms with Crippen molar-refractivity contribution in [3.63, 3.8) is 0 Å². The molecule has 0 aliphatic carbocycles. The van der Waals surface area contributed by atoms with Crippen molar-refractivity contribution in [3.8, 4) is 0 Å². The summed E-state index contributed by atoms with van der Waals surface area (Å²) in [5, 5.41) is 3.49. The minimum Gasteiger partial charge on any atom is -0.313 e. The molecule has 1 N–H and O–H groups in total. The van der Waals surface area contributed by atoms with Crippen molar-refractivity contribution in [1.29, 1.82) is 0 Å². The zero-order valence-corrected chi connectivity index (χ0v) is 15.3. The van der Waals surface area contributed by atoms with Crippen LogP contribution < -0.4 is 5.32 Å². The lowest BCUT2D eigenvalue weighted by Gasteiger charge is -2.38. The van der Waals surface area contributed by atoms with E-state index >= 15 is 0 Å². The van der Waals surface area contributed by atoms with E-state index in [2.05, 4.69) is 11.4 Å². The Balaban J connectivity index is 1.71. The molecule has 4 rings (SSSR count). The summed E-state index contributed by atoms with van der Waals surface area (Å²) in [6.45, 7) is 0.569. The molecule has 2 amide bonds. The second kappa shape index (κ2) is 7.41. The van der Waals surface area contributed by atoms with E-state index in [0.29, 0.717) is 17.3 Å². The van der Waals surface area contributed by atoms with Crippen molar-refractivity contribution in [1.82, 2.24) is 4.90 Å². The van der Waals surface area contributed by atoms with Crippen LogP contribution >= 0.6 is 11.6 Å². The number of anilines is 1. The number of nitrogens with zero attached hydrogens (tertiary/aromatic N) is 1. The molecule has 3 aromatic rings. The minimum absolute atomic E-state index is 0.235. The maximum Gasteiger partial charge on any atom is 0.322 e. The molecule has 0 saturated carbocycles. The van der Waals surface area contributed by atoms with Gasteiger partial charge in [-0.15, -0.1) is 0 Å². The van der Waals surface area contributed by atoms with Gasteiger partial charge in [-0.1, -0.05) is 54.1 Å².